The minimum Gasteiger partial charge on any atom is -0.467 e. The second-order valence-electron chi connectivity index (χ2n) is 6.61. The molecule has 0 fully saturated rings. The Kier molecular flexibility index (Phi) is 5.93. The molecular formula is C21H23N3O4. The number of carbonyl (C=O) groups excluding carboxylic acids is 3. The van der Waals surface area contributed by atoms with Crippen LogP contribution >= 0.6 is 0 Å². The maximum absolute atomic E-state index is 12.7. The predicted molar refractivity (Wildman–Crippen MR) is 105 cm³/mol. The monoisotopic (exact) mass is 381 g/mol. The van der Waals surface area contributed by atoms with Gasteiger partial charge in [-0.05, 0) is 42.7 Å². The Morgan fingerprint density at radius 3 is 2.61 bits per heavy atom. The zero-order valence-corrected chi connectivity index (χ0v) is 15.9. The first-order valence-electron chi connectivity index (χ1n) is 9.10. The van der Waals surface area contributed by atoms with Crippen molar-refractivity contribution in [3.8, 4) is 0 Å². The molecule has 0 saturated carbocycles. The number of methoxy groups -OCH3 is 1. The lowest BCUT2D eigenvalue weighted by Gasteiger charge is -2.18. The van der Waals surface area contributed by atoms with Crippen molar-refractivity contribution < 1.29 is 19.1 Å². The third-order valence-electron chi connectivity index (χ3n) is 4.66. The van der Waals surface area contributed by atoms with Crippen LogP contribution in [-0.4, -0.2) is 37.6 Å². The molecule has 2 aromatic rings. The minimum absolute atomic E-state index is 0.0126. The van der Waals surface area contributed by atoms with Crippen LogP contribution in [0.1, 0.15) is 28.4 Å². The van der Waals surface area contributed by atoms with Crippen LogP contribution in [0.4, 0.5) is 10.5 Å². The molecule has 3 rings (SSSR count). The lowest BCUT2D eigenvalue weighted by atomic mass is 10.1. The third kappa shape index (κ3) is 4.31. The number of anilines is 1. The fourth-order valence-electron chi connectivity index (χ4n) is 3.18. The highest BCUT2D eigenvalue weighted by Gasteiger charge is 2.25. The summed E-state index contributed by atoms with van der Waals surface area (Å²) >= 11 is 0. The van der Waals surface area contributed by atoms with Crippen molar-refractivity contribution in [2.45, 2.75) is 25.9 Å². The highest BCUT2D eigenvalue weighted by Crippen LogP contribution is 2.30. The Morgan fingerprint density at radius 2 is 1.89 bits per heavy atom. The van der Waals surface area contributed by atoms with Gasteiger partial charge in [-0.25, -0.2) is 9.59 Å². The molecule has 1 aliphatic rings. The Hall–Kier alpha value is -3.35. The zero-order chi connectivity index (χ0) is 20.1. The van der Waals surface area contributed by atoms with Crippen LogP contribution in [0.25, 0.3) is 0 Å². The van der Waals surface area contributed by atoms with Gasteiger partial charge < -0.3 is 20.3 Å². The molecule has 0 bridgehead atoms. The summed E-state index contributed by atoms with van der Waals surface area (Å²) in [5.41, 5.74) is 3.57. The standard InChI is InChI=1S/C21H23N3O4/c1-14(20(26)28-2)23-21(27)22-13-15-8-9-18-17(12-15)10-11-24(18)19(25)16-6-4-3-5-7-16/h3-9,12,14H,10-11,13H2,1-2H3,(H2,22,23,27)/t14-/m1/s1. The van der Waals surface area contributed by atoms with Crippen LogP contribution in [0.5, 0.6) is 0 Å². The first-order chi connectivity index (χ1) is 13.5. The third-order valence-corrected chi connectivity index (χ3v) is 4.66. The van der Waals surface area contributed by atoms with Gasteiger partial charge in [0.15, 0.2) is 0 Å². The number of amides is 3. The summed E-state index contributed by atoms with van der Waals surface area (Å²) in [5, 5.41) is 5.24. The normalized spacial score (nSPS) is 13.4. The topological polar surface area (TPSA) is 87.7 Å². The maximum Gasteiger partial charge on any atom is 0.328 e. The molecule has 7 heteroatoms. The number of hydrogen-bond donors (Lipinski definition) is 2. The lowest BCUT2D eigenvalue weighted by Crippen LogP contribution is -2.44. The van der Waals surface area contributed by atoms with Crippen LogP contribution in [0.3, 0.4) is 0 Å². The number of urea groups is 1. The highest BCUT2D eigenvalue weighted by molar-refractivity contribution is 6.07. The minimum atomic E-state index is -0.720. The van der Waals surface area contributed by atoms with E-state index in [1.54, 1.807) is 11.8 Å². The molecule has 3 amide bonds. The molecule has 2 N–H and O–H groups in total. The molecular weight excluding hydrogens is 358 g/mol. The number of benzene rings is 2. The number of fused-ring (bicyclic) bond motifs is 1. The summed E-state index contributed by atoms with van der Waals surface area (Å²) in [4.78, 5) is 37.7. The molecule has 0 radical (unpaired) electrons. The smallest absolute Gasteiger partial charge is 0.328 e. The van der Waals surface area contributed by atoms with E-state index in [4.69, 9.17) is 0 Å². The van der Waals surface area contributed by atoms with Gasteiger partial charge in [-0.3, -0.25) is 4.79 Å². The molecule has 0 saturated heterocycles. The number of rotatable bonds is 5. The number of nitrogens with zero attached hydrogens (tertiary/aromatic N) is 1. The van der Waals surface area contributed by atoms with Gasteiger partial charge in [0.05, 0.1) is 7.11 Å². The van der Waals surface area contributed by atoms with Crippen LogP contribution in [0.2, 0.25) is 0 Å². The quantitative estimate of drug-likeness (QED) is 0.778. The average molecular weight is 381 g/mol. The molecule has 0 aliphatic carbocycles. The van der Waals surface area contributed by atoms with Crippen molar-refractivity contribution in [2.75, 3.05) is 18.6 Å². The molecule has 7 nitrogen and oxygen atoms in total. The van der Waals surface area contributed by atoms with Gasteiger partial charge in [0, 0.05) is 24.3 Å². The summed E-state index contributed by atoms with van der Waals surface area (Å²) in [6.45, 7) is 2.51. The number of esters is 1. The Morgan fingerprint density at radius 1 is 1.14 bits per heavy atom. The van der Waals surface area contributed by atoms with Gasteiger partial charge in [0.2, 0.25) is 0 Å². The Labute approximate surface area is 163 Å². The van der Waals surface area contributed by atoms with E-state index in [9.17, 15) is 14.4 Å². The number of carbonyl (C=O) groups is 3. The summed E-state index contributed by atoms with van der Waals surface area (Å²) in [6.07, 6.45) is 0.771. The molecule has 2 aromatic carbocycles. The molecule has 0 unspecified atom stereocenters. The van der Waals surface area contributed by atoms with Gasteiger partial charge >= 0.3 is 12.0 Å². The summed E-state index contributed by atoms with van der Waals surface area (Å²) in [7, 11) is 1.27. The van der Waals surface area contributed by atoms with E-state index >= 15 is 0 Å². The van der Waals surface area contributed by atoms with Crippen molar-refractivity contribution in [1.29, 1.82) is 0 Å². The Balaban J connectivity index is 1.61. The molecule has 28 heavy (non-hydrogen) atoms. The van der Waals surface area contributed by atoms with Crippen molar-refractivity contribution in [2.24, 2.45) is 0 Å². The predicted octanol–water partition coefficient (Wildman–Crippen LogP) is 2.25. The van der Waals surface area contributed by atoms with Gasteiger partial charge in [0.25, 0.3) is 5.91 Å². The van der Waals surface area contributed by atoms with E-state index in [0.717, 1.165) is 23.2 Å². The van der Waals surface area contributed by atoms with E-state index in [1.807, 2.05) is 48.5 Å². The van der Waals surface area contributed by atoms with Crippen LogP contribution in [0, 0.1) is 0 Å². The summed E-state index contributed by atoms with van der Waals surface area (Å²) < 4.78 is 4.57. The SMILES string of the molecule is COC(=O)[C@@H](C)NC(=O)NCc1ccc2c(c1)CCN2C(=O)c1ccccc1. The van der Waals surface area contributed by atoms with E-state index in [-0.39, 0.29) is 5.91 Å². The lowest BCUT2D eigenvalue weighted by molar-refractivity contribution is -0.142. The number of ether oxygens (including phenoxy) is 1. The first-order valence-corrected chi connectivity index (χ1v) is 9.10. The Bertz CT molecular complexity index is 882. The first kappa shape index (κ1) is 19.4. The summed E-state index contributed by atoms with van der Waals surface area (Å²) in [6, 6.07) is 13.8. The van der Waals surface area contributed by atoms with Crippen molar-refractivity contribution in [3.63, 3.8) is 0 Å². The van der Waals surface area contributed by atoms with E-state index in [1.165, 1.54) is 7.11 Å². The fraction of sp³-hybridized carbons (Fsp3) is 0.286. The van der Waals surface area contributed by atoms with Gasteiger partial charge in [0.1, 0.15) is 6.04 Å². The average Bonchev–Trinajstić information content (AvgIpc) is 3.14. The highest BCUT2D eigenvalue weighted by atomic mass is 16.5. The van der Waals surface area contributed by atoms with Crippen LogP contribution in [-0.2, 0) is 22.5 Å². The van der Waals surface area contributed by atoms with Gasteiger partial charge in [-0.2, -0.15) is 0 Å². The van der Waals surface area contributed by atoms with Crippen LogP contribution < -0.4 is 15.5 Å². The van der Waals surface area contributed by atoms with Gasteiger partial charge in [-0.15, -0.1) is 0 Å². The number of hydrogen-bond acceptors (Lipinski definition) is 4. The zero-order valence-electron chi connectivity index (χ0n) is 15.9. The molecule has 1 atom stereocenters. The molecule has 1 aliphatic heterocycles. The second-order valence-corrected chi connectivity index (χ2v) is 6.61. The van der Waals surface area contributed by atoms with E-state index in [2.05, 4.69) is 15.4 Å². The molecule has 0 spiro atoms. The fourth-order valence-corrected chi connectivity index (χ4v) is 3.18. The van der Waals surface area contributed by atoms with Crippen molar-refractivity contribution in [1.82, 2.24) is 10.6 Å². The maximum atomic E-state index is 12.7. The van der Waals surface area contributed by atoms with E-state index < -0.39 is 18.0 Å². The van der Waals surface area contributed by atoms with Crippen molar-refractivity contribution >= 4 is 23.6 Å². The molecule has 1 heterocycles. The van der Waals surface area contributed by atoms with Gasteiger partial charge in [-0.1, -0.05) is 30.3 Å². The number of nitrogens with one attached hydrogen (secondary N) is 2. The molecule has 0 aromatic heterocycles. The molecule has 146 valence electrons. The second kappa shape index (κ2) is 8.56. The summed E-state index contributed by atoms with van der Waals surface area (Å²) in [5.74, 6) is -0.516. The van der Waals surface area contributed by atoms with Crippen molar-refractivity contribution in [3.05, 3.63) is 65.2 Å². The van der Waals surface area contributed by atoms with Crippen LogP contribution in [0.15, 0.2) is 48.5 Å². The largest absolute Gasteiger partial charge is 0.467 e. The van der Waals surface area contributed by atoms with E-state index in [0.29, 0.717) is 18.7 Å².